The number of nitrogens with one attached hydrogen (secondary N) is 1. The van der Waals surface area contributed by atoms with Crippen molar-refractivity contribution in [1.29, 1.82) is 0 Å². The first-order valence-electron chi connectivity index (χ1n) is 7.96. The lowest BCUT2D eigenvalue weighted by Gasteiger charge is -2.17. The van der Waals surface area contributed by atoms with Crippen molar-refractivity contribution in [3.63, 3.8) is 0 Å². The predicted octanol–water partition coefficient (Wildman–Crippen LogP) is 2.19. The number of hydrogen-bond acceptors (Lipinski definition) is 5. The van der Waals surface area contributed by atoms with Gasteiger partial charge in [-0.1, -0.05) is 23.4 Å². The fourth-order valence-electron chi connectivity index (χ4n) is 2.24. The molecule has 1 saturated carbocycles. The number of aromatic amines is 1. The Morgan fingerprint density at radius 1 is 1.44 bits per heavy atom. The Bertz CT molecular complexity index is 785. The molecule has 0 radical (unpaired) electrons. The van der Waals surface area contributed by atoms with Gasteiger partial charge in [-0.05, 0) is 37.1 Å². The number of aromatic nitrogens is 3. The smallest absolute Gasteiger partial charge is 0.344 e. The van der Waals surface area contributed by atoms with Crippen molar-refractivity contribution in [3.05, 3.63) is 39.8 Å². The molecule has 0 bridgehead atoms. The highest BCUT2D eigenvalue weighted by atomic mass is 35.5. The standard InChI is InChI=1S/C16H19ClN4O3S/c1-20(8-9-24-13-6-2-11(17)3-7-13)14(22)10-25-16-19-18-15(23)21(16)12-4-5-12/h2-3,6-7,12H,4-5,8-10H2,1H3,(H,18,23). The van der Waals surface area contributed by atoms with Gasteiger partial charge in [-0.3, -0.25) is 9.36 Å². The van der Waals surface area contributed by atoms with Crippen molar-refractivity contribution < 1.29 is 9.53 Å². The largest absolute Gasteiger partial charge is 0.492 e. The van der Waals surface area contributed by atoms with E-state index in [1.165, 1.54) is 11.8 Å². The number of benzene rings is 1. The Balaban J connectivity index is 1.43. The van der Waals surface area contributed by atoms with Gasteiger partial charge in [0.05, 0.1) is 12.3 Å². The van der Waals surface area contributed by atoms with E-state index in [0.717, 1.165) is 12.8 Å². The number of nitrogens with zero attached hydrogens (tertiary/aromatic N) is 3. The summed E-state index contributed by atoms with van der Waals surface area (Å²) in [5, 5.41) is 7.68. The first kappa shape index (κ1) is 17.9. The molecule has 25 heavy (non-hydrogen) atoms. The zero-order valence-electron chi connectivity index (χ0n) is 13.8. The summed E-state index contributed by atoms with van der Waals surface area (Å²) >= 11 is 7.10. The lowest BCUT2D eigenvalue weighted by Crippen LogP contribution is -2.32. The van der Waals surface area contributed by atoms with E-state index in [1.54, 1.807) is 40.8 Å². The molecular formula is C16H19ClN4O3S. The molecule has 1 N–H and O–H groups in total. The molecule has 2 aromatic rings. The molecular weight excluding hydrogens is 364 g/mol. The van der Waals surface area contributed by atoms with Crippen molar-refractivity contribution >= 4 is 29.3 Å². The molecule has 1 fully saturated rings. The fourth-order valence-corrected chi connectivity index (χ4v) is 3.32. The van der Waals surface area contributed by atoms with Crippen LogP contribution in [0, 0.1) is 0 Å². The molecule has 0 atom stereocenters. The average molecular weight is 383 g/mol. The molecule has 0 aliphatic heterocycles. The molecule has 0 spiro atoms. The maximum atomic E-state index is 12.2. The monoisotopic (exact) mass is 382 g/mol. The molecule has 3 rings (SSSR count). The predicted molar refractivity (Wildman–Crippen MR) is 96.4 cm³/mol. The minimum absolute atomic E-state index is 0.0393. The van der Waals surface area contributed by atoms with Crippen LogP contribution in [0.5, 0.6) is 5.75 Å². The van der Waals surface area contributed by atoms with Crippen LogP contribution in [-0.2, 0) is 4.79 Å². The van der Waals surface area contributed by atoms with Crippen LogP contribution in [0.15, 0.2) is 34.2 Å². The highest BCUT2D eigenvalue weighted by Crippen LogP contribution is 2.35. The van der Waals surface area contributed by atoms with Crippen LogP contribution in [0.4, 0.5) is 0 Å². The Morgan fingerprint density at radius 2 is 2.16 bits per heavy atom. The van der Waals surface area contributed by atoms with Crippen molar-refractivity contribution in [2.75, 3.05) is 26.0 Å². The molecule has 0 unspecified atom stereocenters. The van der Waals surface area contributed by atoms with Crippen molar-refractivity contribution in [2.45, 2.75) is 24.0 Å². The summed E-state index contributed by atoms with van der Waals surface area (Å²) in [5.41, 5.74) is -0.206. The lowest BCUT2D eigenvalue weighted by molar-refractivity contribution is -0.127. The van der Waals surface area contributed by atoms with Crippen LogP contribution in [0.25, 0.3) is 0 Å². The first-order chi connectivity index (χ1) is 12.0. The maximum Gasteiger partial charge on any atom is 0.344 e. The van der Waals surface area contributed by atoms with E-state index in [4.69, 9.17) is 16.3 Å². The van der Waals surface area contributed by atoms with Crippen molar-refractivity contribution in [1.82, 2.24) is 19.7 Å². The highest BCUT2D eigenvalue weighted by Gasteiger charge is 2.28. The summed E-state index contributed by atoms with van der Waals surface area (Å²) in [7, 11) is 1.73. The summed E-state index contributed by atoms with van der Waals surface area (Å²) in [5.74, 6) is 0.904. The van der Waals surface area contributed by atoms with E-state index in [0.29, 0.717) is 29.1 Å². The molecule has 0 saturated heterocycles. The molecule has 1 aliphatic rings. The number of amides is 1. The Hall–Kier alpha value is -1.93. The third-order valence-electron chi connectivity index (χ3n) is 3.84. The Kier molecular flexibility index (Phi) is 5.70. The Morgan fingerprint density at radius 3 is 2.84 bits per heavy atom. The van der Waals surface area contributed by atoms with Crippen LogP contribution < -0.4 is 10.4 Å². The van der Waals surface area contributed by atoms with Crippen LogP contribution in [-0.4, -0.2) is 51.5 Å². The van der Waals surface area contributed by atoms with E-state index in [9.17, 15) is 9.59 Å². The summed E-state index contributed by atoms with van der Waals surface area (Å²) in [6, 6.07) is 7.31. The number of H-pyrrole nitrogens is 1. The fraction of sp³-hybridized carbons (Fsp3) is 0.438. The number of carbonyl (C=O) groups excluding carboxylic acids is 1. The highest BCUT2D eigenvalue weighted by molar-refractivity contribution is 7.99. The second-order valence-corrected chi connectivity index (χ2v) is 7.20. The van der Waals surface area contributed by atoms with Gasteiger partial charge in [-0.2, -0.15) is 0 Å². The molecule has 1 aromatic heterocycles. The number of hydrogen-bond donors (Lipinski definition) is 1. The minimum atomic E-state index is -0.206. The minimum Gasteiger partial charge on any atom is -0.492 e. The van der Waals surface area contributed by atoms with Gasteiger partial charge in [-0.15, -0.1) is 5.10 Å². The van der Waals surface area contributed by atoms with Crippen molar-refractivity contribution in [3.8, 4) is 5.75 Å². The molecule has 1 heterocycles. The topological polar surface area (TPSA) is 80.2 Å². The third-order valence-corrected chi connectivity index (χ3v) is 5.03. The summed E-state index contributed by atoms with van der Waals surface area (Å²) < 4.78 is 7.23. The molecule has 1 aromatic carbocycles. The number of thioether (sulfide) groups is 1. The number of rotatable bonds is 8. The number of halogens is 1. The maximum absolute atomic E-state index is 12.2. The van der Waals surface area contributed by atoms with E-state index < -0.39 is 0 Å². The summed E-state index contributed by atoms with van der Waals surface area (Å²) in [4.78, 5) is 25.5. The zero-order chi connectivity index (χ0) is 17.8. The van der Waals surface area contributed by atoms with Crippen LogP contribution >= 0.6 is 23.4 Å². The quantitative estimate of drug-likeness (QED) is 0.708. The van der Waals surface area contributed by atoms with Gasteiger partial charge in [-0.25, -0.2) is 9.89 Å². The van der Waals surface area contributed by atoms with Gasteiger partial charge in [0.1, 0.15) is 12.4 Å². The van der Waals surface area contributed by atoms with Crippen LogP contribution in [0.3, 0.4) is 0 Å². The second-order valence-electron chi connectivity index (χ2n) is 5.82. The zero-order valence-corrected chi connectivity index (χ0v) is 15.3. The average Bonchev–Trinajstić information content (AvgIpc) is 3.37. The molecule has 134 valence electrons. The SMILES string of the molecule is CN(CCOc1ccc(Cl)cc1)C(=O)CSc1n[nH]c(=O)n1C1CC1. The van der Waals surface area contributed by atoms with Crippen molar-refractivity contribution in [2.24, 2.45) is 0 Å². The van der Waals surface area contributed by atoms with Gasteiger partial charge in [0, 0.05) is 18.1 Å². The molecule has 9 heteroatoms. The van der Waals surface area contributed by atoms with E-state index in [-0.39, 0.29) is 23.4 Å². The second kappa shape index (κ2) is 7.97. The van der Waals surface area contributed by atoms with Crippen LogP contribution in [0.1, 0.15) is 18.9 Å². The molecule has 1 amide bonds. The number of likely N-dealkylation sites (N-methyl/N-ethyl adjacent to an activating group) is 1. The third kappa shape index (κ3) is 4.79. The molecule has 1 aliphatic carbocycles. The van der Waals surface area contributed by atoms with Gasteiger partial charge < -0.3 is 9.64 Å². The molecule has 7 nitrogen and oxygen atoms in total. The van der Waals surface area contributed by atoms with Gasteiger partial charge in [0.15, 0.2) is 5.16 Å². The van der Waals surface area contributed by atoms with E-state index in [2.05, 4.69) is 10.2 Å². The lowest BCUT2D eigenvalue weighted by atomic mass is 10.3. The Labute approximate surface area is 154 Å². The van der Waals surface area contributed by atoms with E-state index in [1.807, 2.05) is 0 Å². The number of ether oxygens (including phenoxy) is 1. The van der Waals surface area contributed by atoms with Gasteiger partial charge in [0.2, 0.25) is 5.91 Å². The van der Waals surface area contributed by atoms with Gasteiger partial charge >= 0.3 is 5.69 Å². The van der Waals surface area contributed by atoms with E-state index >= 15 is 0 Å². The normalized spacial score (nSPS) is 13.7. The summed E-state index contributed by atoms with van der Waals surface area (Å²) in [6.07, 6.45) is 1.98. The van der Waals surface area contributed by atoms with Gasteiger partial charge in [0.25, 0.3) is 0 Å². The summed E-state index contributed by atoms with van der Waals surface area (Å²) in [6.45, 7) is 0.863. The number of carbonyl (C=O) groups is 1. The van der Waals surface area contributed by atoms with Crippen LogP contribution in [0.2, 0.25) is 5.02 Å². The first-order valence-corrected chi connectivity index (χ1v) is 9.33.